The summed E-state index contributed by atoms with van der Waals surface area (Å²) in [6.07, 6.45) is 0. The van der Waals surface area contributed by atoms with E-state index in [9.17, 15) is 8.42 Å². The Morgan fingerprint density at radius 1 is 1.19 bits per heavy atom. The van der Waals surface area contributed by atoms with Crippen molar-refractivity contribution in [1.29, 1.82) is 0 Å². The second-order valence-electron chi connectivity index (χ2n) is 5.28. The summed E-state index contributed by atoms with van der Waals surface area (Å²) in [5.41, 5.74) is 2.26. The maximum Gasteiger partial charge on any atom is 0.238 e. The molecule has 0 bridgehead atoms. The Kier molecular flexibility index (Phi) is 6.81. The fourth-order valence-electron chi connectivity index (χ4n) is 2.43. The predicted molar refractivity (Wildman–Crippen MR) is 112 cm³/mol. The average Bonchev–Trinajstić information content (AvgIpc) is 2.97. The third-order valence-corrected chi connectivity index (χ3v) is 5.74. The van der Waals surface area contributed by atoms with E-state index in [1.807, 2.05) is 47.2 Å². The van der Waals surface area contributed by atoms with Gasteiger partial charge < -0.3 is 4.57 Å². The number of sulfonamides is 1. The third-order valence-electron chi connectivity index (χ3n) is 3.64. The van der Waals surface area contributed by atoms with Gasteiger partial charge in [-0.25, -0.2) is 18.5 Å². The Morgan fingerprint density at radius 3 is 2.50 bits per heavy atom. The van der Waals surface area contributed by atoms with Crippen LogP contribution in [-0.4, -0.2) is 13.0 Å². The Morgan fingerprint density at radius 2 is 1.88 bits per heavy atom. The number of benzene rings is 2. The first-order chi connectivity index (χ1) is 11.9. The van der Waals surface area contributed by atoms with Gasteiger partial charge in [0.1, 0.15) is 0 Å². The lowest BCUT2D eigenvalue weighted by Crippen LogP contribution is -2.15. The van der Waals surface area contributed by atoms with Crippen LogP contribution in [0.25, 0.3) is 11.3 Å². The Bertz CT molecular complexity index is 1080. The maximum absolute atomic E-state index is 11.6. The largest absolute Gasteiger partial charge is 0.317 e. The molecule has 0 saturated heterocycles. The molecule has 0 aliphatic rings. The maximum atomic E-state index is 11.6. The molecule has 1 aromatic heterocycles. The highest BCUT2D eigenvalue weighted by atomic mass is 79.9. The van der Waals surface area contributed by atoms with Crippen molar-refractivity contribution in [3.8, 4) is 11.3 Å². The first-order valence-electron chi connectivity index (χ1n) is 7.51. The minimum atomic E-state index is -3.80. The topological polar surface area (TPSA) is 77.5 Å². The minimum absolute atomic E-state index is 0. The van der Waals surface area contributed by atoms with Gasteiger partial charge in [-0.2, -0.15) is 0 Å². The molecule has 26 heavy (non-hydrogen) atoms. The molecule has 0 spiro atoms. The zero-order valence-corrected chi connectivity index (χ0v) is 17.9. The Balaban J connectivity index is 0.00000243. The summed E-state index contributed by atoms with van der Waals surface area (Å²) in [6, 6.07) is 14.1. The summed E-state index contributed by atoms with van der Waals surface area (Å²) in [4.78, 5) is 5.49. The number of nitrogens with two attached hydrogens (primary N) is 1. The SMILES string of the molecule is Br.CCn1c(-c2cc(S(N)(=O)=O)ccc2Cl)csc1=Nc1ccccc1. The van der Waals surface area contributed by atoms with Gasteiger partial charge in [-0.1, -0.05) is 29.8 Å². The fraction of sp³-hybridized carbons (Fsp3) is 0.118. The van der Waals surface area contributed by atoms with Crippen LogP contribution in [0.3, 0.4) is 0 Å². The van der Waals surface area contributed by atoms with E-state index in [2.05, 4.69) is 4.99 Å². The van der Waals surface area contributed by atoms with E-state index in [1.165, 1.54) is 23.5 Å². The predicted octanol–water partition coefficient (Wildman–Crippen LogP) is 4.35. The van der Waals surface area contributed by atoms with E-state index in [0.717, 1.165) is 16.2 Å². The smallest absolute Gasteiger partial charge is 0.238 e. The number of halogens is 2. The minimum Gasteiger partial charge on any atom is -0.317 e. The number of thiazole rings is 1. The van der Waals surface area contributed by atoms with Crippen molar-refractivity contribution >= 4 is 55.6 Å². The van der Waals surface area contributed by atoms with Gasteiger partial charge in [0.15, 0.2) is 4.80 Å². The zero-order chi connectivity index (χ0) is 18.0. The highest BCUT2D eigenvalue weighted by Crippen LogP contribution is 2.30. The number of hydrogen-bond acceptors (Lipinski definition) is 4. The molecule has 3 aromatic rings. The molecule has 0 unspecified atom stereocenters. The molecule has 2 aromatic carbocycles. The molecule has 2 N–H and O–H groups in total. The molecule has 9 heteroatoms. The lowest BCUT2D eigenvalue weighted by Gasteiger charge is -2.09. The van der Waals surface area contributed by atoms with Gasteiger partial charge >= 0.3 is 0 Å². The summed E-state index contributed by atoms with van der Waals surface area (Å²) >= 11 is 7.77. The van der Waals surface area contributed by atoms with Gasteiger partial charge in [-0.15, -0.1) is 28.3 Å². The molecule has 5 nitrogen and oxygen atoms in total. The number of rotatable bonds is 4. The second kappa shape index (κ2) is 8.49. The van der Waals surface area contributed by atoms with Crippen molar-refractivity contribution in [2.24, 2.45) is 10.1 Å². The van der Waals surface area contributed by atoms with Gasteiger partial charge in [0.25, 0.3) is 0 Å². The monoisotopic (exact) mass is 473 g/mol. The second-order valence-corrected chi connectivity index (χ2v) is 8.09. The van der Waals surface area contributed by atoms with E-state index in [1.54, 1.807) is 6.07 Å². The van der Waals surface area contributed by atoms with Crippen molar-refractivity contribution in [2.75, 3.05) is 0 Å². The quantitative estimate of drug-likeness (QED) is 0.610. The summed E-state index contributed by atoms with van der Waals surface area (Å²) < 4.78 is 25.3. The molecule has 0 aliphatic heterocycles. The molecule has 0 aliphatic carbocycles. The zero-order valence-electron chi connectivity index (χ0n) is 13.8. The first kappa shape index (κ1) is 20.9. The molecule has 0 saturated carbocycles. The van der Waals surface area contributed by atoms with Crippen molar-refractivity contribution in [1.82, 2.24) is 4.57 Å². The first-order valence-corrected chi connectivity index (χ1v) is 10.3. The van der Waals surface area contributed by atoms with E-state index < -0.39 is 10.0 Å². The van der Waals surface area contributed by atoms with E-state index in [0.29, 0.717) is 17.1 Å². The van der Waals surface area contributed by atoms with Crippen LogP contribution < -0.4 is 9.94 Å². The van der Waals surface area contributed by atoms with Crippen LogP contribution in [-0.2, 0) is 16.6 Å². The van der Waals surface area contributed by atoms with E-state index in [-0.39, 0.29) is 21.9 Å². The van der Waals surface area contributed by atoms with Gasteiger partial charge in [0.2, 0.25) is 10.0 Å². The molecular weight excluding hydrogens is 458 g/mol. The molecule has 1 heterocycles. The van der Waals surface area contributed by atoms with Crippen LogP contribution in [0.2, 0.25) is 5.02 Å². The van der Waals surface area contributed by atoms with Crippen molar-refractivity contribution in [2.45, 2.75) is 18.4 Å². The van der Waals surface area contributed by atoms with Crippen LogP contribution in [0, 0.1) is 0 Å². The van der Waals surface area contributed by atoms with Crippen LogP contribution in [0.5, 0.6) is 0 Å². The van der Waals surface area contributed by atoms with Crippen LogP contribution in [0.4, 0.5) is 5.69 Å². The Labute approximate surface area is 171 Å². The highest BCUT2D eigenvalue weighted by Gasteiger charge is 2.15. The summed E-state index contributed by atoms with van der Waals surface area (Å²) in [5, 5.41) is 7.61. The van der Waals surface area contributed by atoms with Crippen LogP contribution >= 0.6 is 39.9 Å². The average molecular weight is 475 g/mol. The van der Waals surface area contributed by atoms with Crippen molar-refractivity contribution in [3.63, 3.8) is 0 Å². The van der Waals surface area contributed by atoms with Gasteiger partial charge in [-0.3, -0.25) is 0 Å². The van der Waals surface area contributed by atoms with E-state index >= 15 is 0 Å². The number of para-hydroxylation sites is 1. The summed E-state index contributed by atoms with van der Waals surface area (Å²) in [7, 11) is -3.80. The number of nitrogens with zero attached hydrogens (tertiary/aromatic N) is 2. The highest BCUT2D eigenvalue weighted by molar-refractivity contribution is 8.93. The fourth-order valence-corrected chi connectivity index (χ4v) is 4.17. The van der Waals surface area contributed by atoms with Crippen molar-refractivity contribution < 1.29 is 8.42 Å². The normalized spacial score (nSPS) is 12.0. The Hall–Kier alpha value is -1.45. The summed E-state index contributed by atoms with van der Waals surface area (Å²) in [6.45, 7) is 2.66. The van der Waals surface area contributed by atoms with Gasteiger partial charge in [-0.05, 0) is 37.3 Å². The van der Waals surface area contributed by atoms with E-state index in [4.69, 9.17) is 16.7 Å². The number of hydrogen-bond donors (Lipinski definition) is 1. The molecule has 138 valence electrons. The van der Waals surface area contributed by atoms with Gasteiger partial charge in [0, 0.05) is 17.5 Å². The summed E-state index contributed by atoms with van der Waals surface area (Å²) in [5.74, 6) is 0. The van der Waals surface area contributed by atoms with Crippen LogP contribution in [0.1, 0.15) is 6.92 Å². The molecule has 0 amide bonds. The lowest BCUT2D eigenvalue weighted by atomic mass is 10.1. The van der Waals surface area contributed by atoms with Crippen LogP contribution in [0.15, 0.2) is 63.8 Å². The third kappa shape index (κ3) is 4.44. The molecule has 0 radical (unpaired) electrons. The molecule has 3 rings (SSSR count). The number of aromatic nitrogens is 1. The van der Waals surface area contributed by atoms with Crippen molar-refractivity contribution in [3.05, 3.63) is 63.7 Å². The molecule has 0 atom stereocenters. The number of primary sulfonamides is 1. The molecular formula is C17H17BrClN3O2S2. The lowest BCUT2D eigenvalue weighted by molar-refractivity contribution is 0.598. The molecule has 0 fully saturated rings. The van der Waals surface area contributed by atoms with Gasteiger partial charge in [0.05, 0.1) is 21.3 Å². The standard InChI is InChI=1S/C17H16ClN3O2S2.BrH/c1-2-21-16(11-24-17(21)20-12-6-4-3-5-7-12)14-10-13(25(19,22)23)8-9-15(14)18;/h3-11H,2H2,1H3,(H2,19,22,23);1H.